The molecule has 0 aromatic heterocycles. The van der Waals surface area contributed by atoms with Crippen LogP contribution in [0.3, 0.4) is 0 Å². The number of benzene rings is 1. The van der Waals surface area contributed by atoms with Gasteiger partial charge in [-0.25, -0.2) is 8.42 Å². The average Bonchev–Trinajstić information content (AvgIpc) is 2.15. The lowest BCUT2D eigenvalue weighted by atomic mass is 10.1. The van der Waals surface area contributed by atoms with Crippen molar-refractivity contribution in [3.8, 4) is 0 Å². The third-order valence-corrected chi connectivity index (χ3v) is 2.67. The van der Waals surface area contributed by atoms with Gasteiger partial charge in [0.05, 0.1) is 16.8 Å². The van der Waals surface area contributed by atoms with E-state index >= 15 is 0 Å². The van der Waals surface area contributed by atoms with E-state index in [4.69, 9.17) is 21.9 Å². The smallest absolute Gasteiger partial charge is 0.269 e. The minimum Gasteiger partial charge on any atom is -0.366 e. The highest BCUT2D eigenvalue weighted by atomic mass is 35.7. The second kappa shape index (κ2) is 7.23. The number of rotatable bonds is 3. The Balaban J connectivity index is 0.000000621. The van der Waals surface area contributed by atoms with Gasteiger partial charge in [-0.1, -0.05) is 17.7 Å². The Labute approximate surface area is 125 Å². The molecule has 0 heterocycles. The van der Waals surface area contributed by atoms with Crippen LogP contribution >= 0.6 is 22.3 Å². The molecule has 0 fully saturated rings. The topological polar surface area (TPSA) is 132 Å². The van der Waals surface area contributed by atoms with Crippen LogP contribution in [0.4, 0.5) is 0 Å². The minimum atomic E-state index is -4.13. The molecule has 11 heteroatoms. The second-order valence-electron chi connectivity index (χ2n) is 3.59. The summed E-state index contributed by atoms with van der Waals surface area (Å²) in [6.45, 7) is 0. The van der Waals surface area contributed by atoms with Crippen molar-refractivity contribution in [2.45, 2.75) is 5.75 Å². The van der Waals surface area contributed by atoms with E-state index in [2.05, 4.69) is 10.7 Å². The molecule has 1 rings (SSSR count). The summed E-state index contributed by atoms with van der Waals surface area (Å²) in [5.41, 5.74) is 5.28. The van der Waals surface area contributed by atoms with Crippen LogP contribution in [-0.2, 0) is 24.9 Å². The highest BCUT2D eigenvalue weighted by Gasteiger charge is 2.11. The second-order valence-corrected chi connectivity index (χ2v) is 8.49. The van der Waals surface area contributed by atoms with Gasteiger partial charge in [-0.15, -0.1) is 0 Å². The van der Waals surface area contributed by atoms with Gasteiger partial charge in [-0.05, 0) is 17.7 Å². The molecular formula is C9H11Cl2NO6S2. The molecule has 1 amide bonds. The molecule has 0 atom stereocenters. The third-order valence-electron chi connectivity index (χ3n) is 1.65. The first-order valence-corrected chi connectivity index (χ1v) is 9.43. The number of hydrogen-bond donors (Lipinski definition) is 2. The maximum absolute atomic E-state index is 10.9. The van der Waals surface area contributed by atoms with Crippen LogP contribution in [0.25, 0.3) is 0 Å². The minimum absolute atomic E-state index is 0.0258. The number of primary amides is 1. The normalized spacial score (nSPS) is 11.4. The molecule has 3 N–H and O–H groups in total. The zero-order valence-corrected chi connectivity index (χ0v) is 13.2. The first kappa shape index (κ1) is 19.1. The van der Waals surface area contributed by atoms with Crippen molar-refractivity contribution < 1.29 is 26.2 Å². The first-order chi connectivity index (χ1) is 8.79. The molecular weight excluding hydrogens is 353 g/mol. The van der Waals surface area contributed by atoms with E-state index in [-0.39, 0.29) is 16.1 Å². The van der Waals surface area contributed by atoms with E-state index in [1.165, 1.54) is 18.2 Å². The predicted octanol–water partition coefficient (Wildman–Crippen LogP) is 1.01. The molecule has 114 valence electrons. The summed E-state index contributed by atoms with van der Waals surface area (Å²) in [6, 6.07) is 3.98. The zero-order valence-electron chi connectivity index (χ0n) is 10.1. The predicted molar refractivity (Wildman–Crippen MR) is 75.9 cm³/mol. The average molecular weight is 364 g/mol. The summed E-state index contributed by atoms with van der Waals surface area (Å²) in [5.74, 6) is -1.33. The van der Waals surface area contributed by atoms with Crippen LogP contribution in [0.15, 0.2) is 18.2 Å². The molecule has 20 heavy (non-hydrogen) atoms. The summed E-state index contributed by atoms with van der Waals surface area (Å²) >= 11 is 5.65. The molecule has 0 saturated heterocycles. The molecule has 1 aromatic rings. The van der Waals surface area contributed by atoms with Gasteiger partial charge in [0.15, 0.2) is 0 Å². The Kier molecular flexibility index (Phi) is 6.91. The molecule has 7 nitrogen and oxygen atoms in total. The van der Waals surface area contributed by atoms with E-state index < -0.39 is 30.8 Å². The van der Waals surface area contributed by atoms with Crippen LogP contribution in [0.2, 0.25) is 5.02 Å². The van der Waals surface area contributed by atoms with Gasteiger partial charge in [-0.3, -0.25) is 9.35 Å². The molecule has 0 aliphatic heterocycles. The highest BCUT2D eigenvalue weighted by molar-refractivity contribution is 8.13. The van der Waals surface area contributed by atoms with E-state index in [1.54, 1.807) is 0 Å². The molecule has 0 bridgehead atoms. The fourth-order valence-electron chi connectivity index (χ4n) is 1.06. The van der Waals surface area contributed by atoms with Crippen molar-refractivity contribution in [3.63, 3.8) is 0 Å². The summed E-state index contributed by atoms with van der Waals surface area (Å²) < 4.78 is 48.5. The van der Waals surface area contributed by atoms with Crippen LogP contribution < -0.4 is 5.73 Å². The fraction of sp³-hybridized carbons (Fsp3) is 0.222. The first-order valence-electron chi connectivity index (χ1n) is 4.72. The molecule has 0 aliphatic rings. The lowest BCUT2D eigenvalue weighted by Crippen LogP contribution is -2.12. The molecule has 0 radical (unpaired) electrons. The summed E-state index contributed by atoms with van der Waals surface area (Å²) in [5, 5.41) is 0.140. The summed E-state index contributed by atoms with van der Waals surface area (Å²) in [7, 11) is -2.82. The highest BCUT2D eigenvalue weighted by Crippen LogP contribution is 2.18. The number of nitrogens with two attached hydrogens (primary N) is 1. The lowest BCUT2D eigenvalue weighted by Gasteiger charge is -2.03. The molecule has 0 spiro atoms. The standard InChI is InChI=1S/C8H8ClNO4S.CH3ClO2S/c9-7-2-1-5(4-15(12,13)14)3-6(7)8(10)11;1-5(2,3)4/h1-3H,4H2,(H2,10,11)(H,12,13,14);1H3. The zero-order chi connectivity index (χ0) is 16.1. The third kappa shape index (κ3) is 9.98. The van der Waals surface area contributed by atoms with Crippen LogP contribution in [0, 0.1) is 0 Å². The summed E-state index contributed by atoms with van der Waals surface area (Å²) in [6.07, 6.45) is 0.925. The van der Waals surface area contributed by atoms with Gasteiger partial charge in [0.1, 0.15) is 5.75 Å². The molecule has 1 aromatic carbocycles. The SMILES string of the molecule is CS(=O)(=O)Cl.NC(=O)c1cc(CS(=O)(=O)O)ccc1Cl. The van der Waals surface area contributed by atoms with E-state index in [9.17, 15) is 21.6 Å². The van der Waals surface area contributed by atoms with Crippen molar-refractivity contribution in [3.05, 3.63) is 34.3 Å². The van der Waals surface area contributed by atoms with E-state index in [0.717, 1.165) is 6.26 Å². The van der Waals surface area contributed by atoms with Crippen LogP contribution in [0.1, 0.15) is 15.9 Å². The summed E-state index contributed by atoms with van der Waals surface area (Å²) in [4.78, 5) is 10.9. The van der Waals surface area contributed by atoms with Gasteiger partial charge in [0, 0.05) is 10.7 Å². The lowest BCUT2D eigenvalue weighted by molar-refractivity contribution is 0.100. The van der Waals surface area contributed by atoms with Gasteiger partial charge in [-0.2, -0.15) is 8.42 Å². The van der Waals surface area contributed by atoms with E-state index in [1.807, 2.05) is 0 Å². The Morgan fingerprint density at radius 2 is 1.75 bits per heavy atom. The monoisotopic (exact) mass is 363 g/mol. The van der Waals surface area contributed by atoms with Gasteiger partial charge < -0.3 is 5.73 Å². The molecule has 0 unspecified atom stereocenters. The number of halogens is 2. The van der Waals surface area contributed by atoms with Gasteiger partial charge >= 0.3 is 0 Å². The fourth-order valence-corrected chi connectivity index (χ4v) is 1.87. The Bertz CT molecular complexity index is 691. The van der Waals surface area contributed by atoms with E-state index in [0.29, 0.717) is 0 Å². The van der Waals surface area contributed by atoms with Crippen molar-refractivity contribution >= 4 is 47.4 Å². The van der Waals surface area contributed by atoms with Gasteiger partial charge in [0.25, 0.3) is 10.1 Å². The molecule has 0 aliphatic carbocycles. The number of amides is 1. The number of hydrogen-bond acceptors (Lipinski definition) is 5. The number of carbonyl (C=O) groups is 1. The Morgan fingerprint density at radius 3 is 2.10 bits per heavy atom. The van der Waals surface area contributed by atoms with Crippen LogP contribution in [0.5, 0.6) is 0 Å². The molecule has 0 saturated carbocycles. The Hall–Kier alpha value is -0.870. The quantitative estimate of drug-likeness (QED) is 0.608. The van der Waals surface area contributed by atoms with Crippen molar-refractivity contribution in [1.82, 2.24) is 0 Å². The van der Waals surface area contributed by atoms with Crippen molar-refractivity contribution in [2.75, 3.05) is 6.26 Å². The van der Waals surface area contributed by atoms with Crippen LogP contribution in [-0.4, -0.2) is 33.6 Å². The van der Waals surface area contributed by atoms with Crippen molar-refractivity contribution in [1.29, 1.82) is 0 Å². The maximum Gasteiger partial charge on any atom is 0.269 e. The van der Waals surface area contributed by atoms with Crippen molar-refractivity contribution in [2.24, 2.45) is 5.73 Å². The number of carbonyl (C=O) groups excluding carboxylic acids is 1. The largest absolute Gasteiger partial charge is 0.366 e. The Morgan fingerprint density at radius 1 is 1.30 bits per heavy atom. The maximum atomic E-state index is 10.9. The van der Waals surface area contributed by atoms with Gasteiger partial charge in [0.2, 0.25) is 15.0 Å².